The Morgan fingerprint density at radius 2 is 1.90 bits per heavy atom. The van der Waals surface area contributed by atoms with Crippen molar-refractivity contribution < 1.29 is 0 Å². The highest BCUT2D eigenvalue weighted by atomic mass is 15.1. The van der Waals surface area contributed by atoms with Gasteiger partial charge in [-0.1, -0.05) is 0 Å². The van der Waals surface area contributed by atoms with E-state index in [9.17, 15) is 0 Å². The highest BCUT2D eigenvalue weighted by Gasteiger charge is 2.07. The summed E-state index contributed by atoms with van der Waals surface area (Å²) in [5.74, 6) is 1.51. The summed E-state index contributed by atoms with van der Waals surface area (Å²) in [5.41, 5.74) is 2.93. The minimum Gasteiger partial charge on any atom is -0.378 e. The van der Waals surface area contributed by atoms with Gasteiger partial charge in [0, 0.05) is 44.9 Å². The molecule has 2 heterocycles. The Bertz CT molecular complexity index is 744. The molecule has 0 saturated heterocycles. The molecular weight excluding hydrogens is 264 g/mol. The van der Waals surface area contributed by atoms with Crippen LogP contribution in [0.5, 0.6) is 0 Å². The third-order valence-electron chi connectivity index (χ3n) is 3.28. The van der Waals surface area contributed by atoms with Crippen LogP contribution in [-0.2, 0) is 0 Å². The van der Waals surface area contributed by atoms with Crippen molar-refractivity contribution >= 4 is 28.7 Å². The Morgan fingerprint density at radius 3 is 2.57 bits per heavy atom. The maximum absolute atomic E-state index is 4.53. The average Bonchev–Trinajstić information content (AvgIpc) is 2.96. The van der Waals surface area contributed by atoms with Gasteiger partial charge in [0.25, 0.3) is 0 Å². The Balaban J connectivity index is 1.95. The first kappa shape index (κ1) is 13.2. The molecule has 0 fully saturated rings. The van der Waals surface area contributed by atoms with Crippen LogP contribution in [-0.4, -0.2) is 35.5 Å². The minimum absolute atomic E-state index is 0.726. The highest BCUT2D eigenvalue weighted by molar-refractivity contribution is 5.72. The molecule has 0 radical (unpaired) electrons. The maximum atomic E-state index is 4.53. The van der Waals surface area contributed by atoms with Gasteiger partial charge in [-0.15, -0.1) is 0 Å². The number of hydrogen-bond acceptors (Lipinski definition) is 5. The van der Waals surface area contributed by atoms with E-state index >= 15 is 0 Å². The lowest BCUT2D eigenvalue weighted by Gasteiger charge is -2.13. The van der Waals surface area contributed by atoms with E-state index in [0.29, 0.717) is 0 Å². The smallest absolute Gasteiger partial charge is 0.180 e. The van der Waals surface area contributed by atoms with Gasteiger partial charge < -0.3 is 19.9 Å². The second kappa shape index (κ2) is 5.32. The Hall–Kier alpha value is -2.76. The molecular formula is C15H18N6. The van der Waals surface area contributed by atoms with Crippen LogP contribution in [0.2, 0.25) is 0 Å². The van der Waals surface area contributed by atoms with Crippen molar-refractivity contribution in [3.05, 3.63) is 42.9 Å². The zero-order valence-corrected chi connectivity index (χ0v) is 12.3. The molecule has 0 amide bonds. The molecule has 0 spiro atoms. The molecule has 21 heavy (non-hydrogen) atoms. The summed E-state index contributed by atoms with van der Waals surface area (Å²) < 4.78 is 1.94. The summed E-state index contributed by atoms with van der Waals surface area (Å²) in [6, 6.07) is 8.19. The van der Waals surface area contributed by atoms with E-state index in [4.69, 9.17) is 0 Å². The molecule has 0 aliphatic heterocycles. The van der Waals surface area contributed by atoms with Crippen LogP contribution in [0.4, 0.5) is 23.0 Å². The molecule has 2 aromatic heterocycles. The van der Waals surface area contributed by atoms with E-state index in [1.807, 2.05) is 50.1 Å². The van der Waals surface area contributed by atoms with Crippen molar-refractivity contribution in [3.8, 4) is 0 Å². The number of hydrogen-bond donors (Lipinski definition) is 2. The summed E-state index contributed by atoms with van der Waals surface area (Å²) in [5, 5.41) is 6.37. The first-order valence-corrected chi connectivity index (χ1v) is 6.73. The van der Waals surface area contributed by atoms with E-state index in [-0.39, 0.29) is 0 Å². The summed E-state index contributed by atoms with van der Waals surface area (Å²) in [6.45, 7) is 0. The van der Waals surface area contributed by atoms with E-state index in [1.165, 1.54) is 0 Å². The molecule has 0 unspecified atom stereocenters. The third kappa shape index (κ3) is 2.60. The van der Waals surface area contributed by atoms with Gasteiger partial charge in [0.15, 0.2) is 11.5 Å². The van der Waals surface area contributed by atoms with Crippen LogP contribution in [0.15, 0.2) is 42.9 Å². The van der Waals surface area contributed by atoms with Gasteiger partial charge in [-0.05, 0) is 24.3 Å². The molecule has 2 N–H and O–H groups in total. The zero-order valence-electron chi connectivity index (χ0n) is 12.3. The lowest BCUT2D eigenvalue weighted by Crippen LogP contribution is -2.08. The number of imidazole rings is 1. The van der Waals surface area contributed by atoms with Gasteiger partial charge in [0.05, 0.1) is 6.20 Å². The van der Waals surface area contributed by atoms with Crippen LogP contribution < -0.4 is 15.5 Å². The fourth-order valence-corrected chi connectivity index (χ4v) is 2.12. The molecule has 6 nitrogen and oxygen atoms in total. The second-order valence-corrected chi connectivity index (χ2v) is 4.95. The molecule has 1 aromatic carbocycles. The van der Waals surface area contributed by atoms with Crippen molar-refractivity contribution in [2.75, 3.05) is 36.7 Å². The summed E-state index contributed by atoms with van der Waals surface area (Å²) in [6.07, 6.45) is 5.57. The van der Waals surface area contributed by atoms with E-state index in [2.05, 4.69) is 37.6 Å². The molecule has 108 valence electrons. The van der Waals surface area contributed by atoms with Crippen molar-refractivity contribution in [1.29, 1.82) is 0 Å². The van der Waals surface area contributed by atoms with Crippen molar-refractivity contribution in [2.45, 2.75) is 0 Å². The largest absolute Gasteiger partial charge is 0.378 e. The van der Waals surface area contributed by atoms with E-state index in [0.717, 1.165) is 28.7 Å². The molecule has 0 bridgehead atoms. The fraction of sp³-hybridized carbons (Fsp3) is 0.200. The molecule has 0 aliphatic carbocycles. The Labute approximate surface area is 123 Å². The van der Waals surface area contributed by atoms with Crippen molar-refractivity contribution in [3.63, 3.8) is 0 Å². The van der Waals surface area contributed by atoms with Crippen LogP contribution in [0.1, 0.15) is 0 Å². The quantitative estimate of drug-likeness (QED) is 0.770. The topological polar surface area (TPSA) is 57.5 Å². The standard InChI is InChI=1S/C15H18N6/c1-16-13-10-21-9-8-17-15(21)14(19-13)18-11-4-6-12(7-5-11)20(2)3/h4-10,16H,1-3H3,(H,18,19). The predicted molar refractivity (Wildman–Crippen MR) is 86.6 cm³/mol. The lowest BCUT2D eigenvalue weighted by atomic mass is 10.2. The van der Waals surface area contributed by atoms with Crippen LogP contribution in [0, 0.1) is 0 Å². The normalized spacial score (nSPS) is 10.6. The molecule has 3 rings (SSSR count). The van der Waals surface area contributed by atoms with Gasteiger partial charge in [-0.2, -0.15) is 0 Å². The number of anilines is 4. The van der Waals surface area contributed by atoms with Gasteiger partial charge in [0.2, 0.25) is 0 Å². The summed E-state index contributed by atoms with van der Waals surface area (Å²) >= 11 is 0. The number of fused-ring (bicyclic) bond motifs is 1. The number of aromatic nitrogens is 3. The van der Waals surface area contributed by atoms with E-state index < -0.39 is 0 Å². The predicted octanol–water partition coefficient (Wildman–Crippen LogP) is 2.58. The highest BCUT2D eigenvalue weighted by Crippen LogP contribution is 2.22. The van der Waals surface area contributed by atoms with Crippen molar-refractivity contribution in [1.82, 2.24) is 14.4 Å². The number of rotatable bonds is 4. The van der Waals surface area contributed by atoms with Crippen LogP contribution in [0.3, 0.4) is 0 Å². The Morgan fingerprint density at radius 1 is 1.14 bits per heavy atom. The molecule has 0 aliphatic rings. The maximum Gasteiger partial charge on any atom is 0.180 e. The van der Waals surface area contributed by atoms with Gasteiger partial charge in [-0.25, -0.2) is 9.97 Å². The molecule has 3 aromatic rings. The number of benzene rings is 1. The second-order valence-electron chi connectivity index (χ2n) is 4.95. The minimum atomic E-state index is 0.726. The molecule has 0 saturated carbocycles. The fourth-order valence-electron chi connectivity index (χ4n) is 2.12. The lowest BCUT2D eigenvalue weighted by molar-refractivity contribution is 1.12. The van der Waals surface area contributed by atoms with Crippen LogP contribution in [0.25, 0.3) is 5.65 Å². The van der Waals surface area contributed by atoms with Crippen molar-refractivity contribution in [2.24, 2.45) is 0 Å². The molecule has 0 atom stereocenters. The first-order valence-electron chi connectivity index (χ1n) is 6.73. The summed E-state index contributed by atoms with van der Waals surface area (Å²) in [4.78, 5) is 10.9. The van der Waals surface area contributed by atoms with Crippen LogP contribution >= 0.6 is 0 Å². The summed E-state index contributed by atoms with van der Waals surface area (Å²) in [7, 11) is 5.89. The molecule has 6 heteroatoms. The SMILES string of the molecule is CNc1cn2ccnc2c(Nc2ccc(N(C)C)cc2)n1. The zero-order chi connectivity index (χ0) is 14.8. The van der Waals surface area contributed by atoms with E-state index in [1.54, 1.807) is 6.20 Å². The number of nitrogens with one attached hydrogen (secondary N) is 2. The van der Waals surface area contributed by atoms with Gasteiger partial charge in [0.1, 0.15) is 5.82 Å². The first-order chi connectivity index (χ1) is 10.2. The Kier molecular flexibility index (Phi) is 3.35. The monoisotopic (exact) mass is 282 g/mol. The van der Waals surface area contributed by atoms with Gasteiger partial charge >= 0.3 is 0 Å². The average molecular weight is 282 g/mol. The number of nitrogens with zero attached hydrogens (tertiary/aromatic N) is 4. The van der Waals surface area contributed by atoms with Gasteiger partial charge in [-0.3, -0.25) is 0 Å². The third-order valence-corrected chi connectivity index (χ3v) is 3.28.